The monoisotopic (exact) mass is 1170 g/mol. The summed E-state index contributed by atoms with van der Waals surface area (Å²) in [6.45, 7) is 7.80. The first-order chi connectivity index (χ1) is 41.6. The average Bonchev–Trinajstić information content (AvgIpc) is 3.57. The number of rotatable bonds is 14. The van der Waals surface area contributed by atoms with Gasteiger partial charge in [-0.2, -0.15) is 0 Å². The molecule has 8 aromatic carbocycles. The summed E-state index contributed by atoms with van der Waals surface area (Å²) in [5.41, 5.74) is 4.75. The first kappa shape index (κ1) is 67.4. The number of unbranched alkanes of at least 4 members (excludes halogenated alkanes) is 3. The molecular formula is C74H68F8O4. The number of benzene rings is 8. The number of hydrogen-bond acceptors (Lipinski definition) is 4. The second-order valence-corrected chi connectivity index (χ2v) is 19.2. The second kappa shape index (κ2) is 35.7. The highest BCUT2D eigenvalue weighted by Gasteiger charge is 2.15. The summed E-state index contributed by atoms with van der Waals surface area (Å²) in [5.74, 6) is 18.3. The van der Waals surface area contributed by atoms with Gasteiger partial charge in [0.25, 0.3) is 0 Å². The SMILES string of the molecule is CCCCCc1ccc(C#Cc2ccc(OC)cc2)c(F)c1F.CCCCc1ccc(C#Cc2ccc(OC)cc2)c(F)c1F.CCCc1ccc(C#Cc2ccc(OC)cc2)c(F)c1F.CCc1ccc(C#Cc2ccc(OC)cc2)c(F)c1F. The molecule has 444 valence electrons. The van der Waals surface area contributed by atoms with Crippen molar-refractivity contribution in [1.82, 2.24) is 0 Å². The van der Waals surface area contributed by atoms with Crippen molar-refractivity contribution in [2.75, 3.05) is 28.4 Å². The molecule has 0 atom stereocenters. The Balaban J connectivity index is 0.000000210. The maximum absolute atomic E-state index is 14.1. The van der Waals surface area contributed by atoms with Gasteiger partial charge in [-0.15, -0.1) is 0 Å². The number of methoxy groups -OCH3 is 4. The molecule has 8 rings (SSSR count). The van der Waals surface area contributed by atoms with Crippen molar-refractivity contribution in [3.63, 3.8) is 0 Å². The van der Waals surface area contributed by atoms with Crippen LogP contribution in [0.1, 0.15) is 133 Å². The van der Waals surface area contributed by atoms with Gasteiger partial charge in [-0.25, -0.2) is 35.1 Å². The second-order valence-electron chi connectivity index (χ2n) is 19.2. The van der Waals surface area contributed by atoms with Crippen LogP contribution in [-0.4, -0.2) is 28.4 Å². The molecule has 0 aliphatic rings. The molecule has 0 fully saturated rings. The summed E-state index contributed by atoms with van der Waals surface area (Å²) < 4.78 is 131. The van der Waals surface area contributed by atoms with E-state index in [4.69, 9.17) is 18.9 Å². The van der Waals surface area contributed by atoms with Crippen LogP contribution in [0.3, 0.4) is 0 Å². The van der Waals surface area contributed by atoms with E-state index in [2.05, 4.69) is 54.3 Å². The summed E-state index contributed by atoms with van der Waals surface area (Å²) in [6.07, 6.45) is 7.57. The lowest BCUT2D eigenvalue weighted by molar-refractivity contribution is 0.414. The largest absolute Gasteiger partial charge is 0.497 e. The van der Waals surface area contributed by atoms with Crippen molar-refractivity contribution in [3.8, 4) is 70.4 Å². The zero-order valence-corrected chi connectivity index (χ0v) is 49.6. The molecule has 0 radical (unpaired) electrons. The van der Waals surface area contributed by atoms with Gasteiger partial charge in [0.05, 0.1) is 50.7 Å². The van der Waals surface area contributed by atoms with Crippen LogP contribution in [0.2, 0.25) is 0 Å². The summed E-state index contributed by atoms with van der Waals surface area (Å²) in [7, 11) is 6.32. The van der Waals surface area contributed by atoms with Gasteiger partial charge in [-0.1, -0.05) is 125 Å². The molecule has 0 spiro atoms. The van der Waals surface area contributed by atoms with Gasteiger partial charge in [0, 0.05) is 22.3 Å². The first-order valence-corrected chi connectivity index (χ1v) is 28.1. The van der Waals surface area contributed by atoms with Crippen LogP contribution >= 0.6 is 0 Å². The van der Waals surface area contributed by atoms with Crippen LogP contribution in [-0.2, 0) is 25.7 Å². The van der Waals surface area contributed by atoms with E-state index in [0.717, 1.165) is 72.6 Å². The van der Waals surface area contributed by atoms with Crippen molar-refractivity contribution in [1.29, 1.82) is 0 Å². The van der Waals surface area contributed by atoms with E-state index in [1.54, 1.807) is 169 Å². The van der Waals surface area contributed by atoms with E-state index >= 15 is 0 Å². The minimum atomic E-state index is -0.884. The minimum Gasteiger partial charge on any atom is -0.497 e. The zero-order chi connectivity index (χ0) is 62.4. The zero-order valence-electron chi connectivity index (χ0n) is 49.6. The van der Waals surface area contributed by atoms with E-state index in [0.29, 0.717) is 59.1 Å². The van der Waals surface area contributed by atoms with Crippen molar-refractivity contribution in [3.05, 3.63) is 259 Å². The van der Waals surface area contributed by atoms with E-state index in [1.807, 2.05) is 13.8 Å². The predicted octanol–water partition coefficient (Wildman–Crippen LogP) is 18.1. The van der Waals surface area contributed by atoms with Gasteiger partial charge in [-0.3, -0.25) is 0 Å². The maximum atomic E-state index is 14.1. The lowest BCUT2D eigenvalue weighted by Gasteiger charge is -2.05. The average molecular weight is 1170 g/mol. The third-order valence-electron chi connectivity index (χ3n) is 13.1. The first-order valence-electron chi connectivity index (χ1n) is 28.1. The number of ether oxygens (including phenoxy) is 4. The highest BCUT2D eigenvalue weighted by Crippen LogP contribution is 2.23. The number of halogens is 8. The molecule has 0 aromatic heterocycles. The molecule has 0 aliphatic carbocycles. The molecule has 0 N–H and O–H groups in total. The van der Waals surface area contributed by atoms with E-state index in [9.17, 15) is 35.1 Å². The van der Waals surface area contributed by atoms with Crippen LogP contribution in [0.25, 0.3) is 0 Å². The van der Waals surface area contributed by atoms with Gasteiger partial charge in [0.1, 0.15) is 23.0 Å². The van der Waals surface area contributed by atoms with Crippen molar-refractivity contribution in [2.24, 2.45) is 0 Å². The Kier molecular flexibility index (Phi) is 28.0. The molecule has 12 heteroatoms. The number of hydrogen-bond donors (Lipinski definition) is 0. The van der Waals surface area contributed by atoms with Gasteiger partial charge in [0.2, 0.25) is 0 Å². The molecule has 8 aromatic rings. The fourth-order valence-electron chi connectivity index (χ4n) is 8.05. The minimum absolute atomic E-state index is 0.0653. The molecule has 86 heavy (non-hydrogen) atoms. The van der Waals surface area contributed by atoms with Gasteiger partial charge < -0.3 is 18.9 Å². The molecule has 4 nitrogen and oxygen atoms in total. The smallest absolute Gasteiger partial charge is 0.174 e. The highest BCUT2D eigenvalue weighted by molar-refractivity contribution is 5.50. The Hall–Kier alpha value is -9.36. The normalized spacial score (nSPS) is 9.95. The Morgan fingerprint density at radius 1 is 0.256 bits per heavy atom. The van der Waals surface area contributed by atoms with Gasteiger partial charge in [0.15, 0.2) is 46.5 Å². The van der Waals surface area contributed by atoms with Crippen LogP contribution in [0.5, 0.6) is 23.0 Å². The van der Waals surface area contributed by atoms with Crippen molar-refractivity contribution >= 4 is 0 Å². The van der Waals surface area contributed by atoms with Crippen molar-refractivity contribution < 1.29 is 54.1 Å². The summed E-state index contributed by atoms with van der Waals surface area (Å²) in [5, 5.41) is 0. The summed E-state index contributed by atoms with van der Waals surface area (Å²) in [6, 6.07) is 40.9. The third kappa shape index (κ3) is 20.5. The molecule has 0 heterocycles. The molecule has 0 bridgehead atoms. The van der Waals surface area contributed by atoms with Crippen LogP contribution < -0.4 is 18.9 Å². The highest BCUT2D eigenvalue weighted by atomic mass is 19.2. The third-order valence-corrected chi connectivity index (χ3v) is 13.1. The fourth-order valence-corrected chi connectivity index (χ4v) is 8.05. The van der Waals surface area contributed by atoms with Gasteiger partial charge >= 0.3 is 0 Å². The van der Waals surface area contributed by atoms with E-state index in [-0.39, 0.29) is 22.3 Å². The summed E-state index contributed by atoms with van der Waals surface area (Å²) in [4.78, 5) is 0. The molecule has 0 saturated heterocycles. The Morgan fingerprint density at radius 2 is 0.512 bits per heavy atom. The number of aryl methyl sites for hydroxylation is 4. The van der Waals surface area contributed by atoms with E-state index in [1.165, 1.54) is 12.1 Å². The molecule has 0 unspecified atom stereocenters. The lowest BCUT2D eigenvalue weighted by Crippen LogP contribution is -1.98. The molecular weight excluding hydrogens is 1100 g/mol. The maximum Gasteiger partial charge on any atom is 0.174 e. The topological polar surface area (TPSA) is 36.9 Å². The Labute approximate surface area is 501 Å². The summed E-state index contributed by atoms with van der Waals surface area (Å²) >= 11 is 0. The predicted molar refractivity (Wildman–Crippen MR) is 327 cm³/mol. The van der Waals surface area contributed by atoms with Gasteiger partial charge in [-0.05, 0) is 182 Å². The van der Waals surface area contributed by atoms with Crippen LogP contribution in [0, 0.1) is 93.9 Å². The van der Waals surface area contributed by atoms with Crippen LogP contribution in [0.4, 0.5) is 35.1 Å². The molecule has 0 aliphatic heterocycles. The lowest BCUT2D eigenvalue weighted by atomic mass is 10.0. The standard InChI is InChI=1S/C20H20F2O.C19H18F2O.C18H16F2O.C17H14F2O/c1-3-4-5-6-16-11-12-17(20(22)19(16)21)10-7-15-8-13-18(23-2)14-9-15;1-3-4-5-15-10-11-16(19(21)18(15)20)9-6-14-7-12-17(22-2)13-8-14;1-3-4-14-9-10-15(18(20)17(14)19)8-5-13-6-11-16(21-2)12-7-13;1-3-13-8-9-14(17(19)16(13)18)7-4-12-5-10-15(20-2)11-6-12/h8-9,11-14H,3-6H2,1-2H3;7-8,10-13H,3-5H2,1-2H3;6-7,9-12H,3-4H2,1-2H3;5-6,8-11H,3H2,1-2H3. The van der Waals surface area contributed by atoms with E-state index < -0.39 is 46.5 Å². The van der Waals surface area contributed by atoms with Crippen molar-refractivity contribution in [2.45, 2.75) is 91.9 Å². The van der Waals surface area contributed by atoms with Crippen LogP contribution in [0.15, 0.2) is 146 Å². The Morgan fingerprint density at radius 3 is 0.767 bits per heavy atom. The Bertz CT molecular complexity index is 3740. The fraction of sp³-hybridized carbons (Fsp3) is 0.243. The quantitative estimate of drug-likeness (QED) is 0.0618. The molecule has 0 saturated carbocycles. The molecule has 0 amide bonds.